The summed E-state index contributed by atoms with van der Waals surface area (Å²) in [4.78, 5) is 15.1. The summed E-state index contributed by atoms with van der Waals surface area (Å²) in [7, 11) is 0. The van der Waals surface area contributed by atoms with Gasteiger partial charge in [0.2, 0.25) is 0 Å². The Labute approximate surface area is 190 Å². The molecule has 0 saturated carbocycles. The molecule has 0 spiro atoms. The van der Waals surface area contributed by atoms with Gasteiger partial charge in [0.1, 0.15) is 18.0 Å². The Bertz CT molecular complexity index is 1310. The van der Waals surface area contributed by atoms with E-state index in [-0.39, 0.29) is 34.3 Å². The van der Waals surface area contributed by atoms with E-state index < -0.39 is 17.5 Å². The average molecular weight is 467 g/mol. The molecule has 3 aromatic rings. The number of H-pyrrole nitrogens is 1. The van der Waals surface area contributed by atoms with Gasteiger partial charge in [0.25, 0.3) is 0 Å². The monoisotopic (exact) mass is 467 g/mol. The summed E-state index contributed by atoms with van der Waals surface area (Å²) in [6.45, 7) is 3.63. The van der Waals surface area contributed by atoms with Crippen LogP contribution in [-0.4, -0.2) is 49.0 Å². The van der Waals surface area contributed by atoms with Crippen molar-refractivity contribution in [1.29, 1.82) is 10.7 Å². The molecule has 3 aromatic heterocycles. The van der Waals surface area contributed by atoms with Gasteiger partial charge in [-0.25, -0.2) is 15.0 Å². The molecule has 172 valence electrons. The molecule has 11 nitrogen and oxygen atoms in total. The molecule has 3 rings (SSSR count). The van der Waals surface area contributed by atoms with E-state index in [9.17, 15) is 18.4 Å². The van der Waals surface area contributed by atoms with Crippen molar-refractivity contribution in [2.75, 3.05) is 5.32 Å². The predicted molar refractivity (Wildman–Crippen MR) is 119 cm³/mol. The molecule has 14 heteroatoms. The molecule has 3 heterocycles. The number of nitrogens with two attached hydrogens (primary N) is 1. The number of nitrogens with one attached hydrogen (secondary N) is 3. The Kier molecular flexibility index (Phi) is 6.97. The van der Waals surface area contributed by atoms with Gasteiger partial charge in [-0.2, -0.15) is 28.6 Å². The van der Waals surface area contributed by atoms with Crippen LogP contribution in [0.5, 0.6) is 0 Å². The highest BCUT2D eigenvalue weighted by molar-refractivity contribution is 6.16. The predicted octanol–water partition coefficient (Wildman–Crippen LogP) is 2.69. The van der Waals surface area contributed by atoms with Crippen molar-refractivity contribution in [3.63, 3.8) is 0 Å². The van der Waals surface area contributed by atoms with Crippen LogP contribution in [0.1, 0.15) is 11.3 Å². The number of hydrogen-bond donors (Lipinski definition) is 4. The minimum Gasteiger partial charge on any atom is -0.404 e. The van der Waals surface area contributed by atoms with E-state index in [4.69, 9.17) is 11.1 Å². The Morgan fingerprint density at radius 3 is 2.65 bits per heavy atom. The fourth-order valence-corrected chi connectivity index (χ4v) is 2.73. The third-order valence-electron chi connectivity index (χ3n) is 4.15. The molecule has 0 saturated heterocycles. The molecular formula is C20H16F3N11. The minimum absolute atomic E-state index is 0.0594. The maximum Gasteiger partial charge on any atom is 0.434 e. The van der Waals surface area contributed by atoms with Crippen LogP contribution in [0.3, 0.4) is 0 Å². The highest BCUT2D eigenvalue weighted by atomic mass is 19.4. The summed E-state index contributed by atoms with van der Waals surface area (Å²) < 4.78 is 41.8. The molecule has 34 heavy (non-hydrogen) atoms. The van der Waals surface area contributed by atoms with E-state index in [0.29, 0.717) is 12.5 Å². The van der Waals surface area contributed by atoms with E-state index >= 15 is 0 Å². The fourth-order valence-electron chi connectivity index (χ4n) is 2.73. The highest BCUT2D eigenvalue weighted by Gasteiger charge is 2.39. The van der Waals surface area contributed by atoms with E-state index in [2.05, 4.69) is 42.0 Å². The van der Waals surface area contributed by atoms with Gasteiger partial charge in [0.05, 0.1) is 30.0 Å². The van der Waals surface area contributed by atoms with E-state index in [1.807, 2.05) is 6.07 Å². The zero-order valence-electron chi connectivity index (χ0n) is 17.2. The van der Waals surface area contributed by atoms with E-state index in [1.54, 1.807) is 6.07 Å². The lowest BCUT2D eigenvalue weighted by molar-refractivity contribution is -0.0580. The van der Waals surface area contributed by atoms with Crippen LogP contribution in [0.25, 0.3) is 5.82 Å². The molecule has 5 N–H and O–H groups in total. The number of aromatic nitrogens is 5. The number of aromatic amines is 1. The number of nitrogens with zero attached hydrogens (tertiary/aromatic N) is 7. The first-order valence-corrected chi connectivity index (χ1v) is 9.30. The molecule has 0 bridgehead atoms. The van der Waals surface area contributed by atoms with Crippen molar-refractivity contribution in [1.82, 2.24) is 25.0 Å². The van der Waals surface area contributed by atoms with Crippen LogP contribution >= 0.6 is 0 Å². The van der Waals surface area contributed by atoms with Crippen LogP contribution in [0, 0.1) is 16.7 Å². The summed E-state index contributed by atoms with van der Waals surface area (Å²) >= 11 is 0. The van der Waals surface area contributed by atoms with Crippen molar-refractivity contribution in [3.05, 3.63) is 78.3 Å². The van der Waals surface area contributed by atoms with Crippen molar-refractivity contribution in [3.8, 4) is 11.9 Å². The number of alkyl halides is 3. The SMILES string of the molecule is C=C(Nc1cnc(-n2nccn2)c(C#N)c1)C(=CN)C(=NC(=NC=N)c1ccc[nH]1)C(F)(F)F. The lowest BCUT2D eigenvalue weighted by Gasteiger charge is -2.17. The van der Waals surface area contributed by atoms with E-state index in [0.717, 1.165) is 4.80 Å². The van der Waals surface area contributed by atoms with Gasteiger partial charge in [-0.15, -0.1) is 4.80 Å². The second-order valence-corrected chi connectivity index (χ2v) is 6.33. The Balaban J connectivity index is 1.96. The standard InChI is InChI=1S/C20H16F3N11/c1-12(32-14-7-13(8-24)19(28-10-14)34-30-5-6-31-34)15(9-25)17(20(21,22)23)33-18(29-11-26)16-3-2-4-27-16/h2-7,9-11,26-27,32H,1,25H2. The van der Waals surface area contributed by atoms with Crippen LogP contribution in [-0.2, 0) is 0 Å². The molecule has 0 fully saturated rings. The summed E-state index contributed by atoms with van der Waals surface area (Å²) in [6.07, 6.45) is 1.85. The lowest BCUT2D eigenvalue weighted by Crippen LogP contribution is -2.29. The van der Waals surface area contributed by atoms with Gasteiger partial charge < -0.3 is 16.0 Å². The van der Waals surface area contributed by atoms with Crippen LogP contribution < -0.4 is 11.1 Å². The van der Waals surface area contributed by atoms with Gasteiger partial charge in [-0.05, 0) is 18.2 Å². The zero-order valence-corrected chi connectivity index (χ0v) is 17.2. The quantitative estimate of drug-likeness (QED) is 0.236. The van der Waals surface area contributed by atoms with Crippen LogP contribution in [0.4, 0.5) is 18.9 Å². The summed E-state index contributed by atoms with van der Waals surface area (Å²) in [5.74, 6) is -0.252. The van der Waals surface area contributed by atoms with Crippen molar-refractivity contribution < 1.29 is 13.2 Å². The number of anilines is 1. The largest absolute Gasteiger partial charge is 0.434 e. The molecule has 0 aliphatic rings. The third kappa shape index (κ3) is 5.22. The zero-order chi connectivity index (χ0) is 24.7. The number of pyridine rings is 1. The Hall–Kier alpha value is -5.06. The molecule has 0 radical (unpaired) electrons. The van der Waals surface area contributed by atoms with Gasteiger partial charge in [-0.3, -0.25) is 5.41 Å². The topological polar surface area (TPSA) is 170 Å². The van der Waals surface area contributed by atoms with Gasteiger partial charge in [0, 0.05) is 23.7 Å². The van der Waals surface area contributed by atoms with Gasteiger partial charge in [-0.1, -0.05) is 6.58 Å². The smallest absolute Gasteiger partial charge is 0.404 e. The normalized spacial score (nSPS) is 12.8. The second kappa shape index (κ2) is 10.0. The fraction of sp³-hybridized carbons (Fsp3) is 0.0500. The lowest BCUT2D eigenvalue weighted by atomic mass is 10.1. The first kappa shape index (κ1) is 23.6. The molecule has 0 aliphatic carbocycles. The van der Waals surface area contributed by atoms with E-state index in [1.165, 1.54) is 36.9 Å². The minimum atomic E-state index is -4.95. The molecule has 0 atom stereocenters. The molecule has 0 aliphatic heterocycles. The number of hydrogen-bond acceptors (Lipinski definition) is 7. The number of halogens is 3. The van der Waals surface area contributed by atoms with Crippen molar-refractivity contribution >= 4 is 23.6 Å². The first-order valence-electron chi connectivity index (χ1n) is 9.30. The number of nitriles is 1. The average Bonchev–Trinajstić information content (AvgIpc) is 3.52. The maximum absolute atomic E-state index is 13.9. The molecule has 0 amide bonds. The molecule has 0 unspecified atom stereocenters. The van der Waals surface area contributed by atoms with Crippen LogP contribution in [0.15, 0.2) is 77.0 Å². The van der Waals surface area contributed by atoms with Crippen molar-refractivity contribution in [2.45, 2.75) is 6.18 Å². The second-order valence-electron chi connectivity index (χ2n) is 6.33. The van der Waals surface area contributed by atoms with Gasteiger partial charge in [0.15, 0.2) is 17.4 Å². The summed E-state index contributed by atoms with van der Waals surface area (Å²) in [5, 5.41) is 27.0. The highest BCUT2D eigenvalue weighted by Crippen LogP contribution is 2.27. The molecular weight excluding hydrogens is 451 g/mol. The van der Waals surface area contributed by atoms with Gasteiger partial charge >= 0.3 is 6.18 Å². The first-order chi connectivity index (χ1) is 16.3. The number of aliphatic imine (C=N–C) groups is 2. The number of amidine groups is 1. The Morgan fingerprint density at radius 1 is 1.35 bits per heavy atom. The number of rotatable bonds is 7. The summed E-state index contributed by atoms with van der Waals surface area (Å²) in [5.41, 5.74) is 3.65. The Morgan fingerprint density at radius 2 is 2.09 bits per heavy atom. The van der Waals surface area contributed by atoms with Crippen LogP contribution in [0.2, 0.25) is 0 Å². The third-order valence-corrected chi connectivity index (χ3v) is 4.15. The number of allylic oxidation sites excluding steroid dienone is 1. The molecule has 0 aromatic carbocycles. The summed E-state index contributed by atoms with van der Waals surface area (Å²) in [6, 6.07) is 6.26. The van der Waals surface area contributed by atoms with Crippen molar-refractivity contribution in [2.24, 2.45) is 15.7 Å². The maximum atomic E-state index is 13.9.